The molecule has 1 aromatic heterocycles. The molecule has 3 aromatic rings. The van der Waals surface area contributed by atoms with E-state index < -0.39 is 0 Å². The molecule has 0 atom stereocenters. The molecule has 0 aliphatic heterocycles. The number of rotatable bonds is 5. The average Bonchev–Trinajstić information content (AvgIpc) is 3.03. The number of hydrogen-bond donors (Lipinski definition) is 1. The zero-order valence-electron chi connectivity index (χ0n) is 12.0. The predicted octanol–water partition coefficient (Wildman–Crippen LogP) is 4.59. The summed E-state index contributed by atoms with van der Waals surface area (Å²) in [6, 6.07) is 17.1. The Morgan fingerprint density at radius 3 is 2.61 bits per heavy atom. The van der Waals surface area contributed by atoms with Crippen molar-refractivity contribution in [2.45, 2.75) is 0 Å². The van der Waals surface area contributed by atoms with E-state index in [0.29, 0.717) is 10.9 Å². The van der Waals surface area contributed by atoms with Crippen LogP contribution in [0.5, 0.6) is 5.75 Å². The van der Waals surface area contributed by atoms with Crippen LogP contribution in [0.3, 0.4) is 0 Å². The predicted molar refractivity (Wildman–Crippen MR) is 95.8 cm³/mol. The van der Waals surface area contributed by atoms with E-state index >= 15 is 0 Å². The molecule has 2 aromatic carbocycles. The maximum absolute atomic E-state index is 11.9. The molecule has 0 saturated carbocycles. The monoisotopic (exact) mass is 388 g/mol. The van der Waals surface area contributed by atoms with E-state index in [-0.39, 0.29) is 12.5 Å². The molecule has 4 nitrogen and oxygen atoms in total. The Kier molecular flexibility index (Phi) is 5.05. The summed E-state index contributed by atoms with van der Waals surface area (Å²) in [6.07, 6.45) is 0. The largest absolute Gasteiger partial charge is 0.484 e. The van der Waals surface area contributed by atoms with E-state index in [9.17, 15) is 4.79 Å². The van der Waals surface area contributed by atoms with Crippen LogP contribution in [0, 0.1) is 0 Å². The van der Waals surface area contributed by atoms with Crippen LogP contribution in [0.15, 0.2) is 64.5 Å². The van der Waals surface area contributed by atoms with Crippen LogP contribution in [0.25, 0.3) is 11.3 Å². The summed E-state index contributed by atoms with van der Waals surface area (Å²) < 4.78 is 6.42. The number of nitrogens with one attached hydrogen (secondary N) is 1. The van der Waals surface area contributed by atoms with E-state index in [1.54, 1.807) is 0 Å². The first-order valence-corrected chi connectivity index (χ1v) is 8.57. The molecule has 0 saturated heterocycles. The first-order chi connectivity index (χ1) is 11.2. The smallest absolute Gasteiger partial charge is 0.264 e. The van der Waals surface area contributed by atoms with Crippen molar-refractivity contribution < 1.29 is 9.53 Å². The summed E-state index contributed by atoms with van der Waals surface area (Å²) in [6.45, 7) is -0.0444. The van der Waals surface area contributed by atoms with Gasteiger partial charge in [-0.3, -0.25) is 10.1 Å². The van der Waals surface area contributed by atoms with Gasteiger partial charge in [0, 0.05) is 15.4 Å². The quantitative estimate of drug-likeness (QED) is 0.695. The summed E-state index contributed by atoms with van der Waals surface area (Å²) in [7, 11) is 0. The van der Waals surface area contributed by atoms with Gasteiger partial charge in [-0.1, -0.05) is 46.3 Å². The Bertz CT molecular complexity index is 788. The molecule has 1 N–H and O–H groups in total. The maximum Gasteiger partial charge on any atom is 0.264 e. The molecule has 0 bridgehead atoms. The number of ether oxygens (including phenoxy) is 1. The molecule has 1 amide bonds. The molecule has 116 valence electrons. The lowest BCUT2D eigenvalue weighted by atomic mass is 10.2. The highest BCUT2D eigenvalue weighted by Gasteiger charge is 2.08. The van der Waals surface area contributed by atoms with Gasteiger partial charge in [-0.25, -0.2) is 4.98 Å². The van der Waals surface area contributed by atoms with Crippen molar-refractivity contribution in [2.75, 3.05) is 11.9 Å². The van der Waals surface area contributed by atoms with E-state index in [1.807, 2.05) is 60.0 Å². The van der Waals surface area contributed by atoms with E-state index in [0.717, 1.165) is 15.7 Å². The number of aromatic nitrogens is 1. The molecule has 0 unspecified atom stereocenters. The summed E-state index contributed by atoms with van der Waals surface area (Å²) in [5, 5.41) is 5.22. The van der Waals surface area contributed by atoms with Gasteiger partial charge in [0.25, 0.3) is 5.91 Å². The van der Waals surface area contributed by atoms with Crippen molar-refractivity contribution in [3.63, 3.8) is 0 Å². The second-order valence-corrected chi connectivity index (χ2v) is 6.47. The van der Waals surface area contributed by atoms with Gasteiger partial charge in [-0.15, -0.1) is 11.3 Å². The first-order valence-electron chi connectivity index (χ1n) is 6.90. The number of hydrogen-bond acceptors (Lipinski definition) is 4. The van der Waals surface area contributed by atoms with Crippen molar-refractivity contribution in [3.05, 3.63) is 64.5 Å². The molecular formula is C17H13BrN2O2S. The average molecular weight is 389 g/mol. The van der Waals surface area contributed by atoms with Crippen molar-refractivity contribution in [1.29, 1.82) is 0 Å². The Labute approximate surface area is 146 Å². The molecular weight excluding hydrogens is 376 g/mol. The third kappa shape index (κ3) is 4.40. The van der Waals surface area contributed by atoms with E-state index in [1.165, 1.54) is 11.3 Å². The maximum atomic E-state index is 11.9. The standard InChI is InChI=1S/C17H13BrN2O2S/c18-13-8-6-12(7-9-13)15-11-23-17(19-15)20-16(21)10-22-14-4-2-1-3-5-14/h1-9,11H,10H2,(H,19,20,21). The molecule has 0 spiro atoms. The molecule has 0 aliphatic carbocycles. The molecule has 3 rings (SSSR count). The van der Waals surface area contributed by atoms with Crippen molar-refractivity contribution >= 4 is 38.3 Å². The molecule has 1 heterocycles. The van der Waals surface area contributed by atoms with Gasteiger partial charge in [0.15, 0.2) is 11.7 Å². The van der Waals surface area contributed by atoms with Crippen LogP contribution in [0.1, 0.15) is 0 Å². The minimum atomic E-state index is -0.231. The van der Waals surface area contributed by atoms with Gasteiger partial charge in [-0.2, -0.15) is 0 Å². The highest BCUT2D eigenvalue weighted by molar-refractivity contribution is 9.10. The Morgan fingerprint density at radius 1 is 1.13 bits per heavy atom. The van der Waals surface area contributed by atoms with Crippen LogP contribution in [-0.2, 0) is 4.79 Å². The zero-order chi connectivity index (χ0) is 16.1. The van der Waals surface area contributed by atoms with Crippen molar-refractivity contribution in [3.8, 4) is 17.0 Å². The molecule has 0 fully saturated rings. The summed E-state index contributed by atoms with van der Waals surface area (Å²) in [4.78, 5) is 16.3. The number of para-hydroxylation sites is 1. The Hall–Kier alpha value is -2.18. The number of nitrogens with zero attached hydrogens (tertiary/aromatic N) is 1. The van der Waals surface area contributed by atoms with Gasteiger partial charge in [0.2, 0.25) is 0 Å². The third-order valence-electron chi connectivity index (χ3n) is 3.00. The minimum Gasteiger partial charge on any atom is -0.484 e. The number of amides is 1. The van der Waals surface area contributed by atoms with Crippen molar-refractivity contribution in [2.24, 2.45) is 0 Å². The van der Waals surface area contributed by atoms with Gasteiger partial charge in [-0.05, 0) is 24.3 Å². The number of thiazole rings is 1. The molecule has 0 aliphatic rings. The van der Waals surface area contributed by atoms with Crippen LogP contribution in [0.2, 0.25) is 0 Å². The van der Waals surface area contributed by atoms with Crippen LogP contribution in [-0.4, -0.2) is 17.5 Å². The van der Waals surface area contributed by atoms with Gasteiger partial charge < -0.3 is 4.74 Å². The number of carbonyl (C=O) groups excluding carboxylic acids is 1. The van der Waals surface area contributed by atoms with Crippen molar-refractivity contribution in [1.82, 2.24) is 4.98 Å². The van der Waals surface area contributed by atoms with Crippen LogP contribution >= 0.6 is 27.3 Å². The Balaban J connectivity index is 1.58. The number of anilines is 1. The van der Waals surface area contributed by atoms with E-state index in [2.05, 4.69) is 26.2 Å². The molecule has 0 radical (unpaired) electrons. The topological polar surface area (TPSA) is 51.2 Å². The second-order valence-electron chi connectivity index (χ2n) is 4.69. The SMILES string of the molecule is O=C(COc1ccccc1)Nc1nc(-c2ccc(Br)cc2)cs1. The lowest BCUT2D eigenvalue weighted by Crippen LogP contribution is -2.19. The summed E-state index contributed by atoms with van der Waals surface area (Å²) >= 11 is 4.79. The Morgan fingerprint density at radius 2 is 1.87 bits per heavy atom. The summed E-state index contributed by atoms with van der Waals surface area (Å²) in [5.41, 5.74) is 1.84. The van der Waals surface area contributed by atoms with E-state index in [4.69, 9.17) is 4.74 Å². The first kappa shape index (κ1) is 15.7. The fourth-order valence-corrected chi connectivity index (χ4v) is 2.91. The number of carbonyl (C=O) groups is 1. The van der Waals surface area contributed by atoms with Gasteiger partial charge >= 0.3 is 0 Å². The molecule has 23 heavy (non-hydrogen) atoms. The second kappa shape index (κ2) is 7.39. The lowest BCUT2D eigenvalue weighted by molar-refractivity contribution is -0.118. The third-order valence-corrected chi connectivity index (χ3v) is 4.29. The highest BCUT2D eigenvalue weighted by atomic mass is 79.9. The molecule has 6 heteroatoms. The van der Waals surface area contributed by atoms with Crippen LogP contribution < -0.4 is 10.1 Å². The van der Waals surface area contributed by atoms with Gasteiger partial charge in [0.1, 0.15) is 5.75 Å². The minimum absolute atomic E-state index is 0.0444. The fraction of sp³-hybridized carbons (Fsp3) is 0.0588. The summed E-state index contributed by atoms with van der Waals surface area (Å²) in [5.74, 6) is 0.433. The normalized spacial score (nSPS) is 10.3. The van der Waals surface area contributed by atoms with Gasteiger partial charge in [0.05, 0.1) is 5.69 Å². The van der Waals surface area contributed by atoms with Crippen LogP contribution in [0.4, 0.5) is 5.13 Å². The number of benzene rings is 2. The highest BCUT2D eigenvalue weighted by Crippen LogP contribution is 2.26. The number of halogens is 1. The lowest BCUT2D eigenvalue weighted by Gasteiger charge is -2.05. The fourth-order valence-electron chi connectivity index (χ4n) is 1.91. The zero-order valence-corrected chi connectivity index (χ0v) is 14.4.